The molecule has 0 aromatic carbocycles. The number of nitrogens with one attached hydrogen (secondary N) is 1. The van der Waals surface area contributed by atoms with Gasteiger partial charge in [0.2, 0.25) is 10.0 Å². The summed E-state index contributed by atoms with van der Waals surface area (Å²) in [5.41, 5.74) is 0.978. The highest BCUT2D eigenvalue weighted by molar-refractivity contribution is 7.89. The Bertz CT molecular complexity index is 871. The number of furan rings is 1. The Balaban J connectivity index is 1.83. The van der Waals surface area contributed by atoms with Crippen LogP contribution in [0.25, 0.3) is 11.5 Å². The fraction of sp³-hybridized carbons (Fsp3) is 0.154. The predicted octanol–water partition coefficient (Wildman–Crippen LogP) is 0.949. The van der Waals surface area contributed by atoms with E-state index in [1.165, 1.54) is 35.7 Å². The molecule has 0 saturated carbocycles. The fourth-order valence-electron chi connectivity index (χ4n) is 1.90. The molecule has 3 aromatic heterocycles. The van der Waals surface area contributed by atoms with Crippen LogP contribution in [-0.4, -0.2) is 28.2 Å². The van der Waals surface area contributed by atoms with Gasteiger partial charge in [0, 0.05) is 25.6 Å². The highest BCUT2D eigenvalue weighted by atomic mass is 32.2. The summed E-state index contributed by atoms with van der Waals surface area (Å²) >= 11 is 0. The molecule has 0 aliphatic heterocycles. The SMILES string of the molecule is Cn1cc(S(=O)(=O)NCc2nccnc2-c2ccco2)cn1. The van der Waals surface area contributed by atoms with Gasteiger partial charge in [0.1, 0.15) is 10.6 Å². The minimum absolute atomic E-state index is 0.00109. The summed E-state index contributed by atoms with van der Waals surface area (Å²) in [4.78, 5) is 8.45. The van der Waals surface area contributed by atoms with Crippen LogP contribution in [-0.2, 0) is 23.6 Å². The second-order valence-corrected chi connectivity index (χ2v) is 6.27. The van der Waals surface area contributed by atoms with Crippen molar-refractivity contribution >= 4 is 10.0 Å². The van der Waals surface area contributed by atoms with Gasteiger partial charge in [-0.25, -0.2) is 18.1 Å². The fourth-order valence-corrected chi connectivity index (χ4v) is 2.87. The third-order valence-corrected chi connectivity index (χ3v) is 4.31. The number of hydrogen-bond donors (Lipinski definition) is 1. The van der Waals surface area contributed by atoms with E-state index in [2.05, 4.69) is 19.8 Å². The quantitative estimate of drug-likeness (QED) is 0.751. The molecule has 3 heterocycles. The van der Waals surface area contributed by atoms with Gasteiger partial charge >= 0.3 is 0 Å². The van der Waals surface area contributed by atoms with Gasteiger partial charge in [0.05, 0.1) is 24.7 Å². The number of rotatable bonds is 5. The molecule has 3 rings (SSSR count). The van der Waals surface area contributed by atoms with Crippen LogP contribution < -0.4 is 4.72 Å². The van der Waals surface area contributed by atoms with Gasteiger partial charge in [-0.05, 0) is 12.1 Å². The normalized spacial score (nSPS) is 11.7. The number of aromatic nitrogens is 4. The highest BCUT2D eigenvalue weighted by Crippen LogP contribution is 2.20. The Morgan fingerprint density at radius 2 is 2.14 bits per heavy atom. The van der Waals surface area contributed by atoms with Crippen LogP contribution in [0.2, 0.25) is 0 Å². The zero-order chi connectivity index (χ0) is 15.6. The maximum absolute atomic E-state index is 12.2. The van der Waals surface area contributed by atoms with E-state index in [4.69, 9.17) is 4.42 Å². The second kappa shape index (κ2) is 5.70. The summed E-state index contributed by atoms with van der Waals surface area (Å²) in [5.74, 6) is 0.531. The Kier molecular flexibility index (Phi) is 3.73. The van der Waals surface area contributed by atoms with Crippen LogP contribution >= 0.6 is 0 Å². The monoisotopic (exact) mass is 319 g/mol. The lowest BCUT2D eigenvalue weighted by Gasteiger charge is -2.07. The van der Waals surface area contributed by atoms with E-state index >= 15 is 0 Å². The number of aryl methyl sites for hydroxylation is 1. The molecule has 9 heteroatoms. The zero-order valence-corrected chi connectivity index (χ0v) is 12.5. The zero-order valence-electron chi connectivity index (χ0n) is 11.7. The Morgan fingerprint density at radius 3 is 2.82 bits per heavy atom. The molecule has 0 aliphatic rings. The molecule has 0 atom stereocenters. The van der Waals surface area contributed by atoms with Crippen LogP contribution in [0.5, 0.6) is 0 Å². The molecule has 0 spiro atoms. The summed E-state index contributed by atoms with van der Waals surface area (Å²) in [7, 11) is -2.01. The smallest absolute Gasteiger partial charge is 0.244 e. The van der Waals surface area contributed by atoms with Crippen molar-refractivity contribution in [3.8, 4) is 11.5 Å². The van der Waals surface area contributed by atoms with Gasteiger partial charge in [-0.2, -0.15) is 5.10 Å². The topological polar surface area (TPSA) is 103 Å². The molecule has 0 aliphatic carbocycles. The molecule has 8 nitrogen and oxygen atoms in total. The maximum atomic E-state index is 12.2. The van der Waals surface area contributed by atoms with Crippen LogP contribution in [0.4, 0.5) is 0 Å². The largest absolute Gasteiger partial charge is 0.463 e. The lowest BCUT2D eigenvalue weighted by atomic mass is 10.2. The summed E-state index contributed by atoms with van der Waals surface area (Å²) < 4.78 is 33.6. The van der Waals surface area contributed by atoms with Crippen LogP contribution in [0.15, 0.2) is 52.5 Å². The van der Waals surface area contributed by atoms with E-state index in [9.17, 15) is 8.42 Å². The van der Waals surface area contributed by atoms with Crippen molar-refractivity contribution in [3.05, 3.63) is 48.9 Å². The first-order chi connectivity index (χ1) is 10.6. The van der Waals surface area contributed by atoms with Gasteiger partial charge < -0.3 is 4.42 Å². The van der Waals surface area contributed by atoms with Gasteiger partial charge in [0.25, 0.3) is 0 Å². The van der Waals surface area contributed by atoms with E-state index in [0.29, 0.717) is 17.1 Å². The molecule has 0 unspecified atom stereocenters. The Hall–Kier alpha value is -2.52. The molecular weight excluding hydrogens is 306 g/mol. The average Bonchev–Trinajstić information content (AvgIpc) is 3.17. The molecule has 22 heavy (non-hydrogen) atoms. The second-order valence-electron chi connectivity index (χ2n) is 4.50. The lowest BCUT2D eigenvalue weighted by molar-refractivity contribution is 0.573. The van der Waals surface area contributed by atoms with Gasteiger partial charge in [-0.1, -0.05) is 0 Å². The van der Waals surface area contributed by atoms with Gasteiger partial charge in [0.15, 0.2) is 5.76 Å². The van der Waals surface area contributed by atoms with Crippen LogP contribution in [0, 0.1) is 0 Å². The van der Waals surface area contributed by atoms with E-state index in [1.54, 1.807) is 19.2 Å². The average molecular weight is 319 g/mol. The van der Waals surface area contributed by atoms with Gasteiger partial charge in [-0.15, -0.1) is 0 Å². The molecule has 0 amide bonds. The van der Waals surface area contributed by atoms with E-state index in [-0.39, 0.29) is 11.4 Å². The summed E-state index contributed by atoms with van der Waals surface area (Å²) in [5, 5.41) is 3.85. The Labute approximate surface area is 126 Å². The predicted molar refractivity (Wildman–Crippen MR) is 77.0 cm³/mol. The number of sulfonamides is 1. The summed E-state index contributed by atoms with van der Waals surface area (Å²) in [6.07, 6.45) is 7.25. The maximum Gasteiger partial charge on any atom is 0.244 e. The first-order valence-corrected chi connectivity index (χ1v) is 7.86. The molecular formula is C13H13N5O3S. The van der Waals surface area contributed by atoms with Crippen molar-refractivity contribution < 1.29 is 12.8 Å². The van der Waals surface area contributed by atoms with Crippen molar-refractivity contribution in [2.24, 2.45) is 7.05 Å². The molecule has 0 bridgehead atoms. The lowest BCUT2D eigenvalue weighted by Crippen LogP contribution is -2.24. The first-order valence-electron chi connectivity index (χ1n) is 6.38. The molecule has 0 saturated heterocycles. The third-order valence-electron chi connectivity index (χ3n) is 2.95. The third kappa shape index (κ3) is 2.90. The van der Waals surface area contributed by atoms with Crippen molar-refractivity contribution in [2.45, 2.75) is 11.4 Å². The van der Waals surface area contributed by atoms with Crippen molar-refractivity contribution in [2.75, 3.05) is 0 Å². The Morgan fingerprint density at radius 1 is 1.32 bits per heavy atom. The number of hydrogen-bond acceptors (Lipinski definition) is 6. The van der Waals surface area contributed by atoms with Gasteiger partial charge in [-0.3, -0.25) is 9.67 Å². The summed E-state index contributed by atoms with van der Waals surface area (Å²) in [6, 6.07) is 3.47. The standard InChI is InChI=1S/C13H13N5O3S/c1-18-9-10(7-16-18)22(19,20)17-8-11-13(15-5-4-14-11)12-3-2-6-21-12/h2-7,9,17H,8H2,1H3. The van der Waals surface area contributed by atoms with E-state index in [0.717, 1.165) is 0 Å². The van der Waals surface area contributed by atoms with Crippen molar-refractivity contribution in [3.63, 3.8) is 0 Å². The number of nitrogens with zero attached hydrogens (tertiary/aromatic N) is 4. The molecule has 0 radical (unpaired) electrons. The van der Waals surface area contributed by atoms with Crippen LogP contribution in [0.1, 0.15) is 5.69 Å². The molecule has 1 N–H and O–H groups in total. The molecule has 0 fully saturated rings. The minimum Gasteiger partial charge on any atom is -0.463 e. The minimum atomic E-state index is -3.65. The molecule has 114 valence electrons. The van der Waals surface area contributed by atoms with Crippen molar-refractivity contribution in [1.82, 2.24) is 24.5 Å². The summed E-state index contributed by atoms with van der Waals surface area (Å²) in [6.45, 7) is 0.00109. The van der Waals surface area contributed by atoms with Crippen LogP contribution in [0.3, 0.4) is 0 Å². The van der Waals surface area contributed by atoms with E-state index < -0.39 is 10.0 Å². The first kappa shape index (κ1) is 14.4. The highest BCUT2D eigenvalue weighted by Gasteiger charge is 2.18. The van der Waals surface area contributed by atoms with Crippen molar-refractivity contribution in [1.29, 1.82) is 0 Å². The molecule has 3 aromatic rings. The van der Waals surface area contributed by atoms with E-state index in [1.807, 2.05) is 0 Å².